The maximum Gasteiger partial charge on any atom is 0.143 e. The van der Waals surface area contributed by atoms with Gasteiger partial charge in [-0.3, -0.25) is 0 Å². The van der Waals surface area contributed by atoms with Crippen molar-refractivity contribution in [3.8, 4) is 5.75 Å². The monoisotopic (exact) mass is 266 g/mol. The molecule has 0 fully saturated rings. The minimum absolute atomic E-state index is 0.0462. The minimum atomic E-state index is 0.0462. The highest BCUT2D eigenvalue weighted by Crippen LogP contribution is 2.28. The first-order chi connectivity index (χ1) is 9.13. The zero-order chi connectivity index (χ0) is 14.3. The van der Waals surface area contributed by atoms with E-state index in [1.54, 1.807) is 7.11 Å². The molecule has 0 saturated carbocycles. The number of anilines is 2. The predicted molar refractivity (Wildman–Crippen MR) is 80.7 cm³/mol. The summed E-state index contributed by atoms with van der Waals surface area (Å²) in [6.45, 7) is 8.02. The molecule has 0 radical (unpaired) electrons. The average molecular weight is 266 g/mol. The lowest BCUT2D eigenvalue weighted by molar-refractivity contribution is 0.0620. The topological polar surface area (TPSA) is 47.7 Å². The second-order valence-corrected chi connectivity index (χ2v) is 4.54. The number of methoxy groups -OCH3 is 1. The highest BCUT2D eigenvalue weighted by atomic mass is 16.5. The van der Waals surface area contributed by atoms with Crippen LogP contribution in [-0.4, -0.2) is 26.5 Å². The van der Waals surface area contributed by atoms with Crippen LogP contribution in [0, 0.1) is 0 Å². The predicted octanol–water partition coefficient (Wildman–Crippen LogP) is 3.27. The largest absolute Gasteiger partial charge is 0.495 e. The van der Waals surface area contributed by atoms with E-state index >= 15 is 0 Å². The fourth-order valence-corrected chi connectivity index (χ4v) is 2.02. The lowest BCUT2D eigenvalue weighted by Crippen LogP contribution is -2.35. The third-order valence-electron chi connectivity index (χ3n) is 3.19. The maximum atomic E-state index is 5.85. The molecule has 19 heavy (non-hydrogen) atoms. The fraction of sp³-hybridized carbons (Fsp3) is 0.600. The van der Waals surface area contributed by atoms with Crippen molar-refractivity contribution >= 4 is 11.4 Å². The smallest absolute Gasteiger partial charge is 0.143 e. The fourth-order valence-electron chi connectivity index (χ4n) is 2.02. The van der Waals surface area contributed by atoms with E-state index < -0.39 is 0 Å². The second kappa shape index (κ2) is 7.89. The number of unbranched alkanes of at least 4 members (excludes halogenated alkanes) is 1. The third-order valence-corrected chi connectivity index (χ3v) is 3.19. The Hall–Kier alpha value is -1.42. The van der Waals surface area contributed by atoms with Crippen LogP contribution in [0.2, 0.25) is 0 Å². The minimum Gasteiger partial charge on any atom is -0.495 e. The number of benzene rings is 1. The molecule has 0 bridgehead atoms. The van der Waals surface area contributed by atoms with Gasteiger partial charge in [0.25, 0.3) is 0 Å². The van der Waals surface area contributed by atoms with Crippen LogP contribution in [0.3, 0.4) is 0 Å². The van der Waals surface area contributed by atoms with Crippen LogP contribution in [0.5, 0.6) is 5.75 Å². The molecular formula is C15H26N2O2. The van der Waals surface area contributed by atoms with E-state index in [1.165, 1.54) is 0 Å². The van der Waals surface area contributed by atoms with E-state index in [9.17, 15) is 0 Å². The summed E-state index contributed by atoms with van der Waals surface area (Å²) in [7, 11) is 1.63. The summed E-state index contributed by atoms with van der Waals surface area (Å²) in [5, 5.41) is 0. The molecule has 108 valence electrons. The third kappa shape index (κ3) is 4.31. The van der Waals surface area contributed by atoms with Gasteiger partial charge in [0.1, 0.15) is 12.0 Å². The first kappa shape index (κ1) is 15.6. The Balaban J connectivity index is 2.78. The summed E-state index contributed by atoms with van der Waals surface area (Å²) in [5.41, 5.74) is 7.56. The molecular weight excluding hydrogens is 240 g/mol. The van der Waals surface area contributed by atoms with Gasteiger partial charge in [0, 0.05) is 24.9 Å². The summed E-state index contributed by atoms with van der Waals surface area (Å²) < 4.78 is 11.1. The van der Waals surface area contributed by atoms with Gasteiger partial charge in [-0.05, 0) is 32.4 Å². The molecule has 1 aromatic rings. The molecule has 0 aromatic heterocycles. The number of nitrogens with two attached hydrogens (primary N) is 1. The van der Waals surface area contributed by atoms with Crippen LogP contribution in [0.25, 0.3) is 0 Å². The molecule has 0 saturated heterocycles. The summed E-state index contributed by atoms with van der Waals surface area (Å²) in [6, 6.07) is 5.83. The van der Waals surface area contributed by atoms with Crippen LogP contribution in [-0.2, 0) is 4.74 Å². The highest BCUT2D eigenvalue weighted by molar-refractivity contribution is 5.62. The summed E-state index contributed by atoms with van der Waals surface area (Å²) in [4.78, 5) is 2.19. The Morgan fingerprint density at radius 1 is 1.32 bits per heavy atom. The number of nitrogens with zero attached hydrogens (tertiary/aromatic N) is 1. The number of hydrogen-bond donors (Lipinski definition) is 1. The SMILES string of the molecule is CCCCOC(C)N(CC)c1ccc(N)c(OC)c1. The lowest BCUT2D eigenvalue weighted by atomic mass is 10.2. The molecule has 4 heteroatoms. The molecule has 0 spiro atoms. The quantitative estimate of drug-likeness (QED) is 0.446. The van der Waals surface area contributed by atoms with E-state index in [1.807, 2.05) is 18.2 Å². The molecule has 0 aliphatic heterocycles. The zero-order valence-corrected chi connectivity index (χ0v) is 12.5. The Morgan fingerprint density at radius 3 is 2.63 bits per heavy atom. The molecule has 1 rings (SSSR count). The summed E-state index contributed by atoms with van der Waals surface area (Å²) >= 11 is 0. The molecule has 0 heterocycles. The summed E-state index contributed by atoms with van der Waals surface area (Å²) in [6.07, 6.45) is 2.28. The highest BCUT2D eigenvalue weighted by Gasteiger charge is 2.14. The molecule has 2 N–H and O–H groups in total. The van der Waals surface area contributed by atoms with Crippen molar-refractivity contribution in [2.45, 2.75) is 39.8 Å². The first-order valence-electron chi connectivity index (χ1n) is 6.95. The van der Waals surface area contributed by atoms with Gasteiger partial charge < -0.3 is 20.1 Å². The molecule has 4 nitrogen and oxygen atoms in total. The number of rotatable bonds is 8. The molecule has 1 aromatic carbocycles. The van der Waals surface area contributed by atoms with Gasteiger partial charge in [-0.15, -0.1) is 0 Å². The zero-order valence-electron chi connectivity index (χ0n) is 12.5. The lowest BCUT2D eigenvalue weighted by Gasteiger charge is -2.30. The standard InChI is InChI=1S/C15H26N2O2/c1-5-7-10-19-12(3)17(6-2)13-8-9-14(16)15(11-13)18-4/h8-9,11-12H,5-7,10,16H2,1-4H3. The Bertz CT molecular complexity index is 382. The van der Waals surface area contributed by atoms with Gasteiger partial charge in [0.05, 0.1) is 12.8 Å². The Kier molecular flexibility index (Phi) is 6.50. The van der Waals surface area contributed by atoms with Crippen LogP contribution in [0.15, 0.2) is 18.2 Å². The van der Waals surface area contributed by atoms with Crippen LogP contribution >= 0.6 is 0 Å². The van der Waals surface area contributed by atoms with Crippen molar-refractivity contribution in [3.63, 3.8) is 0 Å². The maximum absolute atomic E-state index is 5.85. The van der Waals surface area contributed by atoms with Crippen LogP contribution in [0.1, 0.15) is 33.6 Å². The van der Waals surface area contributed by atoms with Gasteiger partial charge in [-0.1, -0.05) is 13.3 Å². The van der Waals surface area contributed by atoms with Gasteiger partial charge in [0.2, 0.25) is 0 Å². The van der Waals surface area contributed by atoms with E-state index in [0.717, 1.165) is 31.7 Å². The number of nitrogen functional groups attached to an aromatic ring is 1. The van der Waals surface area contributed by atoms with Crippen molar-refractivity contribution in [2.75, 3.05) is 30.9 Å². The van der Waals surface area contributed by atoms with Crippen molar-refractivity contribution in [1.82, 2.24) is 0 Å². The van der Waals surface area contributed by atoms with Crippen molar-refractivity contribution in [2.24, 2.45) is 0 Å². The van der Waals surface area contributed by atoms with Gasteiger partial charge in [0.15, 0.2) is 0 Å². The Labute approximate surface area is 116 Å². The average Bonchev–Trinajstić information content (AvgIpc) is 2.41. The van der Waals surface area contributed by atoms with Gasteiger partial charge in [-0.2, -0.15) is 0 Å². The van der Waals surface area contributed by atoms with E-state index in [0.29, 0.717) is 11.4 Å². The van der Waals surface area contributed by atoms with E-state index in [2.05, 4.69) is 25.7 Å². The number of hydrogen-bond acceptors (Lipinski definition) is 4. The molecule has 1 atom stereocenters. The van der Waals surface area contributed by atoms with Gasteiger partial charge in [-0.25, -0.2) is 0 Å². The molecule has 0 aliphatic carbocycles. The van der Waals surface area contributed by atoms with Crippen molar-refractivity contribution in [1.29, 1.82) is 0 Å². The Morgan fingerprint density at radius 2 is 2.05 bits per heavy atom. The van der Waals surface area contributed by atoms with Crippen LogP contribution in [0.4, 0.5) is 11.4 Å². The molecule has 0 aliphatic rings. The second-order valence-electron chi connectivity index (χ2n) is 4.54. The van der Waals surface area contributed by atoms with E-state index in [4.69, 9.17) is 15.2 Å². The number of ether oxygens (including phenoxy) is 2. The normalized spacial score (nSPS) is 12.2. The summed E-state index contributed by atoms with van der Waals surface area (Å²) in [5.74, 6) is 0.705. The van der Waals surface area contributed by atoms with Gasteiger partial charge >= 0.3 is 0 Å². The van der Waals surface area contributed by atoms with Crippen molar-refractivity contribution in [3.05, 3.63) is 18.2 Å². The molecule has 1 unspecified atom stereocenters. The van der Waals surface area contributed by atoms with Crippen LogP contribution < -0.4 is 15.4 Å². The van der Waals surface area contributed by atoms with E-state index in [-0.39, 0.29) is 6.23 Å². The molecule has 0 amide bonds. The first-order valence-corrected chi connectivity index (χ1v) is 6.95. The van der Waals surface area contributed by atoms with Crippen molar-refractivity contribution < 1.29 is 9.47 Å².